The first-order valence-electron chi connectivity index (χ1n) is 6.87. The summed E-state index contributed by atoms with van der Waals surface area (Å²) in [7, 11) is 0. The number of benzene rings is 2. The SMILES string of the molecule is N#Cc1ccccc1N1CCC(c2cccc(N)c2)C1. The molecule has 1 aliphatic heterocycles. The molecule has 0 spiro atoms. The van der Waals surface area contributed by atoms with Crippen LogP contribution in [0.25, 0.3) is 0 Å². The fraction of sp³-hybridized carbons (Fsp3) is 0.235. The predicted molar refractivity (Wildman–Crippen MR) is 81.6 cm³/mol. The molecule has 1 heterocycles. The Balaban J connectivity index is 1.82. The number of hydrogen-bond donors (Lipinski definition) is 1. The van der Waals surface area contributed by atoms with Gasteiger partial charge in [0.2, 0.25) is 0 Å². The van der Waals surface area contributed by atoms with Gasteiger partial charge >= 0.3 is 0 Å². The third-order valence-corrected chi connectivity index (χ3v) is 3.94. The van der Waals surface area contributed by atoms with Gasteiger partial charge in [0.15, 0.2) is 0 Å². The van der Waals surface area contributed by atoms with Gasteiger partial charge in [-0.15, -0.1) is 0 Å². The van der Waals surface area contributed by atoms with Gasteiger partial charge in [-0.25, -0.2) is 0 Å². The number of hydrogen-bond acceptors (Lipinski definition) is 3. The van der Waals surface area contributed by atoms with Crippen molar-refractivity contribution in [2.45, 2.75) is 12.3 Å². The van der Waals surface area contributed by atoms with E-state index in [1.165, 1.54) is 5.56 Å². The highest BCUT2D eigenvalue weighted by atomic mass is 15.2. The zero-order chi connectivity index (χ0) is 13.9. The van der Waals surface area contributed by atoms with E-state index in [2.05, 4.69) is 23.1 Å². The van der Waals surface area contributed by atoms with Gasteiger partial charge in [-0.3, -0.25) is 0 Å². The average Bonchev–Trinajstić information content (AvgIpc) is 2.97. The summed E-state index contributed by atoms with van der Waals surface area (Å²) in [5, 5.41) is 9.20. The van der Waals surface area contributed by atoms with Gasteiger partial charge in [-0.05, 0) is 36.2 Å². The van der Waals surface area contributed by atoms with Crippen molar-refractivity contribution in [3.63, 3.8) is 0 Å². The Morgan fingerprint density at radius 1 is 1.15 bits per heavy atom. The van der Waals surface area contributed by atoms with Crippen molar-refractivity contribution in [3.05, 3.63) is 59.7 Å². The molecule has 3 nitrogen and oxygen atoms in total. The van der Waals surface area contributed by atoms with Crippen molar-refractivity contribution < 1.29 is 0 Å². The second-order valence-corrected chi connectivity index (χ2v) is 5.23. The van der Waals surface area contributed by atoms with Crippen LogP contribution in [0.15, 0.2) is 48.5 Å². The predicted octanol–water partition coefficient (Wildman–Crippen LogP) is 3.13. The van der Waals surface area contributed by atoms with Crippen LogP contribution in [0.2, 0.25) is 0 Å². The van der Waals surface area contributed by atoms with Crippen LogP contribution in [0.1, 0.15) is 23.5 Å². The van der Waals surface area contributed by atoms with E-state index in [0.717, 1.165) is 36.4 Å². The van der Waals surface area contributed by atoms with Crippen molar-refractivity contribution in [1.29, 1.82) is 5.26 Å². The summed E-state index contributed by atoms with van der Waals surface area (Å²) in [6.07, 6.45) is 1.10. The summed E-state index contributed by atoms with van der Waals surface area (Å²) in [4.78, 5) is 2.30. The van der Waals surface area contributed by atoms with E-state index >= 15 is 0 Å². The highest BCUT2D eigenvalue weighted by molar-refractivity contribution is 5.60. The molecule has 1 aliphatic rings. The summed E-state index contributed by atoms with van der Waals surface area (Å²) >= 11 is 0. The zero-order valence-corrected chi connectivity index (χ0v) is 11.3. The minimum Gasteiger partial charge on any atom is -0.399 e. The molecule has 2 aromatic rings. The average molecular weight is 263 g/mol. The minimum atomic E-state index is 0.491. The number of anilines is 2. The number of nitrogen functional groups attached to an aromatic ring is 1. The monoisotopic (exact) mass is 263 g/mol. The van der Waals surface area contributed by atoms with Crippen LogP contribution in [-0.4, -0.2) is 13.1 Å². The lowest BCUT2D eigenvalue weighted by Crippen LogP contribution is -2.20. The molecule has 100 valence electrons. The summed E-state index contributed by atoms with van der Waals surface area (Å²) in [6, 6.07) is 18.2. The molecule has 0 amide bonds. The van der Waals surface area contributed by atoms with E-state index in [9.17, 15) is 5.26 Å². The molecule has 2 aromatic carbocycles. The maximum absolute atomic E-state index is 9.20. The van der Waals surface area contributed by atoms with Crippen molar-refractivity contribution in [3.8, 4) is 6.07 Å². The smallest absolute Gasteiger partial charge is 0.101 e. The zero-order valence-electron chi connectivity index (χ0n) is 11.3. The third-order valence-electron chi connectivity index (χ3n) is 3.94. The van der Waals surface area contributed by atoms with E-state index in [-0.39, 0.29) is 0 Å². The Labute approximate surface area is 119 Å². The molecule has 1 fully saturated rings. The van der Waals surface area contributed by atoms with E-state index < -0.39 is 0 Å². The molecule has 0 aromatic heterocycles. The third kappa shape index (κ3) is 2.33. The second-order valence-electron chi connectivity index (χ2n) is 5.23. The molecule has 0 aliphatic carbocycles. The maximum Gasteiger partial charge on any atom is 0.101 e. The summed E-state index contributed by atoms with van der Waals surface area (Å²) < 4.78 is 0. The van der Waals surface area contributed by atoms with Crippen LogP contribution in [0.4, 0.5) is 11.4 Å². The van der Waals surface area contributed by atoms with E-state index in [4.69, 9.17) is 5.73 Å². The molecule has 1 unspecified atom stereocenters. The van der Waals surface area contributed by atoms with Gasteiger partial charge in [0, 0.05) is 24.7 Å². The Bertz CT molecular complexity index is 657. The lowest BCUT2D eigenvalue weighted by molar-refractivity contribution is 0.775. The Morgan fingerprint density at radius 2 is 2.00 bits per heavy atom. The van der Waals surface area contributed by atoms with E-state index in [0.29, 0.717) is 5.92 Å². The first-order chi connectivity index (χ1) is 9.78. The molecule has 1 saturated heterocycles. The van der Waals surface area contributed by atoms with Gasteiger partial charge in [-0.1, -0.05) is 24.3 Å². The van der Waals surface area contributed by atoms with Crippen molar-refractivity contribution in [2.24, 2.45) is 0 Å². The second kappa shape index (κ2) is 5.26. The molecular weight excluding hydrogens is 246 g/mol. The van der Waals surface area contributed by atoms with Crippen LogP contribution >= 0.6 is 0 Å². The first-order valence-corrected chi connectivity index (χ1v) is 6.87. The quantitative estimate of drug-likeness (QED) is 0.847. The van der Waals surface area contributed by atoms with Gasteiger partial charge in [0.25, 0.3) is 0 Å². The number of nitrogens with zero attached hydrogens (tertiary/aromatic N) is 2. The standard InChI is InChI=1S/C17H17N3/c18-11-14-4-1-2-7-17(14)20-9-8-15(12-20)13-5-3-6-16(19)10-13/h1-7,10,15H,8-9,12,19H2. The van der Waals surface area contributed by atoms with Crippen LogP contribution in [0.5, 0.6) is 0 Å². The maximum atomic E-state index is 9.20. The van der Waals surface area contributed by atoms with Gasteiger partial charge in [0.1, 0.15) is 6.07 Å². The van der Waals surface area contributed by atoms with Crippen LogP contribution in [-0.2, 0) is 0 Å². The fourth-order valence-corrected chi connectivity index (χ4v) is 2.91. The molecule has 20 heavy (non-hydrogen) atoms. The minimum absolute atomic E-state index is 0.491. The van der Waals surface area contributed by atoms with Crippen LogP contribution < -0.4 is 10.6 Å². The molecular formula is C17H17N3. The summed E-state index contributed by atoms with van der Waals surface area (Å²) in [6.45, 7) is 1.93. The normalized spacial score (nSPS) is 17.9. The van der Waals surface area contributed by atoms with Crippen molar-refractivity contribution in [2.75, 3.05) is 23.7 Å². The highest BCUT2D eigenvalue weighted by Crippen LogP contribution is 2.32. The molecule has 0 bridgehead atoms. The molecule has 1 atom stereocenters. The lowest BCUT2D eigenvalue weighted by atomic mass is 9.98. The molecule has 3 heteroatoms. The molecule has 2 N–H and O–H groups in total. The van der Waals surface area contributed by atoms with Crippen LogP contribution in [0, 0.1) is 11.3 Å². The fourth-order valence-electron chi connectivity index (χ4n) is 2.91. The lowest BCUT2D eigenvalue weighted by Gasteiger charge is -2.20. The first kappa shape index (κ1) is 12.6. The van der Waals surface area contributed by atoms with E-state index in [1.54, 1.807) is 0 Å². The molecule has 0 radical (unpaired) electrons. The van der Waals surface area contributed by atoms with E-state index in [1.807, 2.05) is 36.4 Å². The molecule has 0 saturated carbocycles. The number of nitrogens with two attached hydrogens (primary N) is 1. The number of nitriles is 1. The highest BCUT2D eigenvalue weighted by Gasteiger charge is 2.25. The molecule has 3 rings (SSSR count). The summed E-state index contributed by atoms with van der Waals surface area (Å²) in [5.41, 5.74) is 9.77. The van der Waals surface area contributed by atoms with Crippen molar-refractivity contribution in [1.82, 2.24) is 0 Å². The number of rotatable bonds is 2. The van der Waals surface area contributed by atoms with Crippen molar-refractivity contribution >= 4 is 11.4 Å². The largest absolute Gasteiger partial charge is 0.399 e. The van der Waals surface area contributed by atoms with Gasteiger partial charge in [0.05, 0.1) is 11.3 Å². The topological polar surface area (TPSA) is 53.0 Å². The Morgan fingerprint density at radius 3 is 2.80 bits per heavy atom. The number of para-hydroxylation sites is 1. The summed E-state index contributed by atoms with van der Waals surface area (Å²) in [5.74, 6) is 0.491. The van der Waals surface area contributed by atoms with Gasteiger partial charge < -0.3 is 10.6 Å². The van der Waals surface area contributed by atoms with Gasteiger partial charge in [-0.2, -0.15) is 5.26 Å². The Hall–Kier alpha value is -2.47. The Kier molecular flexibility index (Phi) is 3.30. The van der Waals surface area contributed by atoms with Crippen LogP contribution in [0.3, 0.4) is 0 Å².